The Kier molecular flexibility index (Phi) is 5.98. The van der Waals surface area contributed by atoms with Gasteiger partial charge in [-0.25, -0.2) is 4.98 Å². The van der Waals surface area contributed by atoms with Crippen LogP contribution in [0.4, 0.5) is 0 Å². The molecular formula is C23H26N4O2. The molecule has 0 unspecified atom stereocenters. The van der Waals surface area contributed by atoms with Gasteiger partial charge in [0, 0.05) is 12.0 Å². The number of carbonyl (C=O) groups is 1. The molecule has 0 aliphatic heterocycles. The Labute approximate surface area is 169 Å². The summed E-state index contributed by atoms with van der Waals surface area (Å²) in [6.45, 7) is 2.24. The van der Waals surface area contributed by atoms with E-state index in [4.69, 9.17) is 4.42 Å². The van der Waals surface area contributed by atoms with Crippen LogP contribution in [0.3, 0.4) is 0 Å². The lowest BCUT2D eigenvalue weighted by molar-refractivity contribution is 0.0948. The van der Waals surface area contributed by atoms with E-state index in [-0.39, 0.29) is 5.91 Å². The fourth-order valence-electron chi connectivity index (χ4n) is 3.59. The molecule has 0 saturated heterocycles. The molecule has 2 aromatic heterocycles. The smallest absolute Gasteiger partial charge is 0.280 e. The first-order chi connectivity index (χ1) is 14.3. The number of fused-ring (bicyclic) bond motifs is 2. The van der Waals surface area contributed by atoms with Gasteiger partial charge in [0.25, 0.3) is 5.91 Å². The molecule has 0 saturated carbocycles. The largest absolute Gasteiger partial charge is 0.441 e. The van der Waals surface area contributed by atoms with Gasteiger partial charge in [0.2, 0.25) is 0 Å². The summed E-state index contributed by atoms with van der Waals surface area (Å²) in [5.74, 6) is 0.515. The van der Waals surface area contributed by atoms with Crippen molar-refractivity contribution in [2.45, 2.75) is 58.3 Å². The lowest BCUT2D eigenvalue weighted by Crippen LogP contribution is -2.13. The molecule has 0 atom stereocenters. The van der Waals surface area contributed by atoms with E-state index in [0.717, 1.165) is 18.7 Å². The van der Waals surface area contributed by atoms with Crippen LogP contribution in [0.1, 0.15) is 68.1 Å². The van der Waals surface area contributed by atoms with Crippen LogP contribution in [0.25, 0.3) is 22.1 Å². The number of hydrogen-bond acceptors (Lipinski definition) is 5. The first kappa shape index (κ1) is 19.3. The minimum atomic E-state index is -0.225. The van der Waals surface area contributed by atoms with Crippen LogP contribution in [0.5, 0.6) is 0 Å². The van der Waals surface area contributed by atoms with E-state index in [1.54, 1.807) is 12.1 Å². The Morgan fingerprint density at radius 1 is 0.966 bits per heavy atom. The summed E-state index contributed by atoms with van der Waals surface area (Å²) < 4.78 is 7.18. The minimum absolute atomic E-state index is 0.225. The number of aromatic nitrogens is 4. The number of benzene rings is 2. The number of oxazole rings is 1. The number of aryl methyl sites for hydroxylation is 1. The van der Waals surface area contributed by atoms with Gasteiger partial charge in [-0.3, -0.25) is 4.79 Å². The highest BCUT2D eigenvalue weighted by Crippen LogP contribution is 2.20. The minimum Gasteiger partial charge on any atom is -0.441 e. The van der Waals surface area contributed by atoms with Crippen LogP contribution in [-0.2, 0) is 6.42 Å². The van der Waals surface area contributed by atoms with E-state index in [0.29, 0.717) is 27.7 Å². The van der Waals surface area contributed by atoms with Gasteiger partial charge in [0.15, 0.2) is 11.5 Å². The van der Waals surface area contributed by atoms with Crippen molar-refractivity contribution >= 4 is 28.0 Å². The average Bonchev–Trinajstić information content (AvgIpc) is 3.35. The molecule has 0 bridgehead atoms. The standard InChI is InChI=1S/C23H26N4O2/c1-2-3-4-5-6-7-8-13-22-24-19-16-17(14-15-21(19)29-22)23(28)27-20-12-10-9-11-18(20)25-26-27/h9-12,14-16H,2-8,13H2,1H3. The molecule has 4 aromatic rings. The second-order valence-corrected chi connectivity index (χ2v) is 7.46. The summed E-state index contributed by atoms with van der Waals surface area (Å²) >= 11 is 0. The highest BCUT2D eigenvalue weighted by atomic mass is 16.3. The van der Waals surface area contributed by atoms with Crippen LogP contribution in [-0.4, -0.2) is 25.9 Å². The Morgan fingerprint density at radius 2 is 1.76 bits per heavy atom. The molecule has 0 amide bonds. The van der Waals surface area contributed by atoms with Gasteiger partial charge >= 0.3 is 0 Å². The highest BCUT2D eigenvalue weighted by Gasteiger charge is 2.16. The van der Waals surface area contributed by atoms with Gasteiger partial charge in [0.05, 0.1) is 5.52 Å². The Morgan fingerprint density at radius 3 is 2.62 bits per heavy atom. The maximum Gasteiger partial charge on any atom is 0.280 e. The summed E-state index contributed by atoms with van der Waals surface area (Å²) in [7, 11) is 0. The van der Waals surface area contributed by atoms with E-state index in [9.17, 15) is 4.79 Å². The summed E-state index contributed by atoms with van der Waals surface area (Å²) in [6.07, 6.45) is 9.63. The Bertz CT molecular complexity index is 1110. The van der Waals surface area contributed by atoms with Crippen molar-refractivity contribution in [3.8, 4) is 0 Å². The zero-order valence-corrected chi connectivity index (χ0v) is 16.8. The van der Waals surface area contributed by atoms with Crippen LogP contribution >= 0.6 is 0 Å². The SMILES string of the molecule is CCCCCCCCCc1nc2cc(C(=O)n3nnc4ccccc43)ccc2o1. The number of unbranched alkanes of at least 4 members (excludes halogenated alkanes) is 6. The molecule has 0 radical (unpaired) electrons. The normalized spacial score (nSPS) is 11.5. The fourth-order valence-corrected chi connectivity index (χ4v) is 3.59. The maximum atomic E-state index is 12.9. The van der Waals surface area contributed by atoms with Gasteiger partial charge in [-0.1, -0.05) is 62.8 Å². The first-order valence-corrected chi connectivity index (χ1v) is 10.5. The number of hydrogen-bond donors (Lipinski definition) is 0. The summed E-state index contributed by atoms with van der Waals surface area (Å²) in [6, 6.07) is 12.7. The molecular weight excluding hydrogens is 364 g/mol. The topological polar surface area (TPSA) is 73.8 Å². The monoisotopic (exact) mass is 390 g/mol. The number of carbonyl (C=O) groups excluding carboxylic acids is 1. The van der Waals surface area contributed by atoms with Crippen molar-refractivity contribution in [2.75, 3.05) is 0 Å². The van der Waals surface area contributed by atoms with Crippen molar-refractivity contribution in [1.82, 2.24) is 20.0 Å². The first-order valence-electron chi connectivity index (χ1n) is 10.5. The average molecular weight is 390 g/mol. The van der Waals surface area contributed by atoms with E-state index >= 15 is 0 Å². The molecule has 0 aliphatic rings. The molecule has 29 heavy (non-hydrogen) atoms. The quantitative estimate of drug-likeness (QED) is 0.350. The van der Waals surface area contributed by atoms with Crippen LogP contribution in [0.2, 0.25) is 0 Å². The second-order valence-electron chi connectivity index (χ2n) is 7.46. The Hall–Kier alpha value is -3.02. The van der Waals surface area contributed by atoms with Crippen molar-refractivity contribution in [1.29, 1.82) is 0 Å². The molecule has 2 heterocycles. The molecule has 0 fully saturated rings. The summed E-state index contributed by atoms with van der Waals surface area (Å²) in [5, 5.41) is 8.06. The third-order valence-electron chi connectivity index (χ3n) is 5.22. The van der Waals surface area contributed by atoms with E-state index in [1.165, 1.54) is 43.2 Å². The molecule has 150 valence electrons. The third kappa shape index (κ3) is 4.36. The maximum absolute atomic E-state index is 12.9. The highest BCUT2D eigenvalue weighted by molar-refractivity contribution is 6.01. The number of nitrogens with zero attached hydrogens (tertiary/aromatic N) is 4. The van der Waals surface area contributed by atoms with Gasteiger partial charge in [-0.2, -0.15) is 4.68 Å². The molecule has 0 spiro atoms. The number of rotatable bonds is 9. The predicted molar refractivity (Wildman–Crippen MR) is 113 cm³/mol. The van der Waals surface area contributed by atoms with Crippen molar-refractivity contribution < 1.29 is 9.21 Å². The molecule has 0 aliphatic carbocycles. The zero-order chi connectivity index (χ0) is 20.1. The van der Waals surface area contributed by atoms with Crippen LogP contribution < -0.4 is 0 Å². The van der Waals surface area contributed by atoms with Gasteiger partial charge in [0.1, 0.15) is 11.0 Å². The van der Waals surface area contributed by atoms with Crippen LogP contribution in [0.15, 0.2) is 46.9 Å². The lowest BCUT2D eigenvalue weighted by atomic mass is 10.1. The molecule has 4 rings (SSSR count). The molecule has 2 aromatic carbocycles. The van der Waals surface area contributed by atoms with Gasteiger partial charge in [-0.05, 0) is 36.8 Å². The van der Waals surface area contributed by atoms with Crippen molar-refractivity contribution in [3.05, 3.63) is 53.9 Å². The summed E-state index contributed by atoms with van der Waals surface area (Å²) in [5.41, 5.74) is 3.32. The zero-order valence-electron chi connectivity index (χ0n) is 16.8. The van der Waals surface area contributed by atoms with Crippen molar-refractivity contribution in [3.63, 3.8) is 0 Å². The second kappa shape index (κ2) is 8.99. The Balaban J connectivity index is 1.42. The molecule has 6 heteroatoms. The predicted octanol–water partition coefficient (Wildman–Crippen LogP) is 5.55. The van der Waals surface area contributed by atoms with Crippen molar-refractivity contribution in [2.24, 2.45) is 0 Å². The van der Waals surface area contributed by atoms with Crippen LogP contribution in [0, 0.1) is 0 Å². The number of para-hydroxylation sites is 1. The molecule has 0 N–H and O–H groups in total. The third-order valence-corrected chi connectivity index (χ3v) is 5.22. The van der Waals surface area contributed by atoms with Gasteiger partial charge < -0.3 is 4.42 Å². The van der Waals surface area contributed by atoms with E-state index < -0.39 is 0 Å². The van der Waals surface area contributed by atoms with E-state index in [2.05, 4.69) is 22.2 Å². The van der Waals surface area contributed by atoms with Gasteiger partial charge in [-0.15, -0.1) is 5.10 Å². The lowest BCUT2D eigenvalue weighted by Gasteiger charge is -2.00. The van der Waals surface area contributed by atoms with E-state index in [1.807, 2.05) is 30.3 Å². The molecule has 6 nitrogen and oxygen atoms in total. The fraction of sp³-hybridized carbons (Fsp3) is 0.391. The summed E-state index contributed by atoms with van der Waals surface area (Å²) in [4.78, 5) is 17.5.